The van der Waals surface area contributed by atoms with E-state index in [-0.39, 0.29) is 24.3 Å². The van der Waals surface area contributed by atoms with Crippen LogP contribution >= 0.6 is 0 Å². The van der Waals surface area contributed by atoms with Crippen LogP contribution < -0.4 is 10.1 Å². The number of allylic oxidation sites excluding steroid dienone is 2. The van der Waals surface area contributed by atoms with E-state index in [9.17, 15) is 9.59 Å². The van der Waals surface area contributed by atoms with E-state index in [0.717, 1.165) is 11.3 Å². The number of carbonyl (C=O) groups excluding carboxylic acids is 2. The van der Waals surface area contributed by atoms with Crippen molar-refractivity contribution in [1.82, 2.24) is 19.7 Å². The van der Waals surface area contributed by atoms with Gasteiger partial charge in [-0.1, -0.05) is 12.1 Å². The highest BCUT2D eigenvalue weighted by Crippen LogP contribution is 2.35. The van der Waals surface area contributed by atoms with Gasteiger partial charge < -0.3 is 19.7 Å². The van der Waals surface area contributed by atoms with Gasteiger partial charge in [-0.2, -0.15) is 10.1 Å². The van der Waals surface area contributed by atoms with Gasteiger partial charge in [-0.25, -0.2) is 4.68 Å². The first-order chi connectivity index (χ1) is 14.0. The topological polar surface area (TPSA) is 98.6 Å². The number of nitrogens with zero attached hydrogens (tertiary/aromatic N) is 4. The summed E-state index contributed by atoms with van der Waals surface area (Å²) in [7, 11) is 0. The predicted octanol–water partition coefficient (Wildman–Crippen LogP) is 1.39. The maximum atomic E-state index is 12.3. The highest BCUT2D eigenvalue weighted by Gasteiger charge is 2.31. The fourth-order valence-corrected chi connectivity index (χ4v) is 3.65. The molecule has 9 heteroatoms. The minimum atomic E-state index is -0.365. The van der Waals surface area contributed by atoms with Gasteiger partial charge in [0, 0.05) is 24.4 Å². The molecule has 1 aromatic carbocycles. The van der Waals surface area contributed by atoms with Gasteiger partial charge in [0.25, 0.3) is 5.91 Å². The highest BCUT2D eigenvalue weighted by atomic mass is 16.5. The number of anilines is 1. The van der Waals surface area contributed by atoms with E-state index in [1.54, 1.807) is 28.6 Å². The first-order valence-corrected chi connectivity index (χ1v) is 9.51. The van der Waals surface area contributed by atoms with E-state index < -0.39 is 0 Å². The normalized spacial score (nSPS) is 18.8. The average molecular weight is 397 g/mol. The highest BCUT2D eigenvalue weighted by molar-refractivity contribution is 5.96. The van der Waals surface area contributed by atoms with E-state index >= 15 is 0 Å². The molecule has 2 aliphatic rings. The molecule has 0 radical (unpaired) electrons. The lowest BCUT2D eigenvalue weighted by Gasteiger charge is -2.28. The third kappa shape index (κ3) is 3.86. The zero-order chi connectivity index (χ0) is 20.4. The fourth-order valence-electron chi connectivity index (χ4n) is 3.65. The van der Waals surface area contributed by atoms with Gasteiger partial charge in [-0.15, -0.1) is 0 Å². The summed E-state index contributed by atoms with van der Waals surface area (Å²) in [5.74, 6) is 1.10. The van der Waals surface area contributed by atoms with Crippen molar-refractivity contribution in [3.8, 4) is 5.75 Å². The average Bonchev–Trinajstić information content (AvgIpc) is 3.20. The largest absolute Gasteiger partial charge is 0.484 e. The number of hydrogen-bond donors (Lipinski definition) is 1. The molecule has 152 valence electrons. The summed E-state index contributed by atoms with van der Waals surface area (Å²) in [4.78, 5) is 30.5. The second-order valence-electron chi connectivity index (χ2n) is 7.00. The predicted molar refractivity (Wildman–Crippen MR) is 105 cm³/mol. The van der Waals surface area contributed by atoms with E-state index in [1.165, 1.54) is 6.33 Å². The number of ketones is 1. The van der Waals surface area contributed by atoms with E-state index in [2.05, 4.69) is 15.4 Å². The Morgan fingerprint density at radius 3 is 2.66 bits per heavy atom. The molecule has 0 bridgehead atoms. The molecule has 9 nitrogen and oxygen atoms in total. The Kier molecular flexibility index (Phi) is 5.30. The Balaban J connectivity index is 1.50. The standard InChI is InChI=1S/C20H23N5O4/c1-13-18(14(2)26)19(25-20(23-13)21-12-22-25)15-3-5-16(6-4-15)29-11-17(27)24-7-9-28-10-8-24/h3-6,12,19H,7-11H2,1-2H3,(H,21,22,23). The third-order valence-electron chi connectivity index (χ3n) is 5.10. The SMILES string of the molecule is CC(=O)C1=C(C)Nc2ncnn2C1c1ccc(OCC(=O)N2CCOCC2)cc1. The van der Waals surface area contributed by atoms with Crippen LogP contribution in [-0.2, 0) is 14.3 Å². The van der Waals surface area contributed by atoms with E-state index in [0.29, 0.717) is 43.6 Å². The quantitative estimate of drug-likeness (QED) is 0.814. The summed E-state index contributed by atoms with van der Waals surface area (Å²) >= 11 is 0. The Labute approximate surface area is 168 Å². The lowest BCUT2D eigenvalue weighted by atomic mass is 9.93. The van der Waals surface area contributed by atoms with Crippen LogP contribution in [0.4, 0.5) is 5.95 Å². The lowest BCUT2D eigenvalue weighted by molar-refractivity contribution is -0.137. The first kappa shape index (κ1) is 19.1. The summed E-state index contributed by atoms with van der Waals surface area (Å²) in [6.07, 6.45) is 1.46. The second kappa shape index (κ2) is 8.04. The van der Waals surface area contributed by atoms with Crippen LogP contribution in [0.5, 0.6) is 5.75 Å². The van der Waals surface area contributed by atoms with Gasteiger partial charge in [0.1, 0.15) is 18.1 Å². The number of benzene rings is 1. The summed E-state index contributed by atoms with van der Waals surface area (Å²) < 4.78 is 12.6. The number of amides is 1. The first-order valence-electron chi connectivity index (χ1n) is 9.51. The number of rotatable bonds is 5. The molecule has 1 unspecified atom stereocenters. The molecule has 1 fully saturated rings. The molecule has 1 atom stereocenters. The van der Waals surface area contributed by atoms with Gasteiger partial charge in [-0.3, -0.25) is 9.59 Å². The van der Waals surface area contributed by atoms with Crippen molar-refractivity contribution in [2.75, 3.05) is 38.2 Å². The van der Waals surface area contributed by atoms with Crippen LogP contribution in [0, 0.1) is 0 Å². The second-order valence-corrected chi connectivity index (χ2v) is 7.00. The van der Waals surface area contributed by atoms with E-state index in [4.69, 9.17) is 9.47 Å². The van der Waals surface area contributed by atoms with Crippen LogP contribution in [-0.4, -0.2) is 64.3 Å². The van der Waals surface area contributed by atoms with Crippen LogP contribution in [0.2, 0.25) is 0 Å². The van der Waals surface area contributed by atoms with Gasteiger partial charge in [0.2, 0.25) is 5.95 Å². The molecular weight excluding hydrogens is 374 g/mol. The van der Waals surface area contributed by atoms with Crippen molar-refractivity contribution < 1.29 is 19.1 Å². The van der Waals surface area contributed by atoms with Gasteiger partial charge >= 0.3 is 0 Å². The number of fused-ring (bicyclic) bond motifs is 1. The summed E-state index contributed by atoms with van der Waals surface area (Å²) in [6.45, 7) is 5.70. The monoisotopic (exact) mass is 397 g/mol. The van der Waals surface area contributed by atoms with Crippen molar-refractivity contribution in [3.05, 3.63) is 47.4 Å². The zero-order valence-electron chi connectivity index (χ0n) is 16.4. The molecule has 3 heterocycles. The molecule has 29 heavy (non-hydrogen) atoms. The third-order valence-corrected chi connectivity index (χ3v) is 5.10. The fraction of sp³-hybridized carbons (Fsp3) is 0.400. The van der Waals surface area contributed by atoms with Crippen molar-refractivity contribution >= 4 is 17.6 Å². The van der Waals surface area contributed by atoms with Gasteiger partial charge in [0.05, 0.1) is 13.2 Å². The zero-order valence-corrected chi connectivity index (χ0v) is 16.4. The van der Waals surface area contributed by atoms with Crippen LogP contribution in [0.1, 0.15) is 25.5 Å². The molecule has 1 aromatic heterocycles. The molecule has 1 N–H and O–H groups in total. The van der Waals surface area contributed by atoms with Gasteiger partial charge in [-0.05, 0) is 31.5 Å². The maximum absolute atomic E-state index is 12.3. The van der Waals surface area contributed by atoms with Crippen LogP contribution in [0.25, 0.3) is 0 Å². The van der Waals surface area contributed by atoms with Gasteiger partial charge in [0.15, 0.2) is 12.4 Å². The molecule has 2 aliphatic heterocycles. The molecule has 0 spiro atoms. The number of ether oxygens (including phenoxy) is 2. The molecule has 4 rings (SSSR count). The summed E-state index contributed by atoms with van der Waals surface area (Å²) in [6, 6.07) is 7.00. The van der Waals surface area contributed by atoms with Crippen LogP contribution in [0.15, 0.2) is 41.9 Å². The minimum absolute atomic E-state index is 0.0162. The number of hydrogen-bond acceptors (Lipinski definition) is 7. The number of aromatic nitrogens is 3. The maximum Gasteiger partial charge on any atom is 0.260 e. The Morgan fingerprint density at radius 1 is 1.24 bits per heavy atom. The lowest BCUT2D eigenvalue weighted by Crippen LogP contribution is -2.42. The van der Waals surface area contributed by atoms with Crippen LogP contribution in [0.3, 0.4) is 0 Å². The van der Waals surface area contributed by atoms with Crippen molar-refractivity contribution in [3.63, 3.8) is 0 Å². The van der Waals surface area contributed by atoms with E-state index in [1.807, 2.05) is 19.1 Å². The summed E-state index contributed by atoms with van der Waals surface area (Å²) in [5.41, 5.74) is 2.29. The van der Waals surface area contributed by atoms with Crippen molar-refractivity contribution in [1.29, 1.82) is 0 Å². The minimum Gasteiger partial charge on any atom is -0.484 e. The number of morpholine rings is 1. The molecule has 0 saturated carbocycles. The van der Waals surface area contributed by atoms with Crippen molar-refractivity contribution in [2.24, 2.45) is 0 Å². The summed E-state index contributed by atoms with van der Waals surface area (Å²) in [5, 5.41) is 7.40. The Morgan fingerprint density at radius 2 is 1.97 bits per heavy atom. The number of Topliss-reactive ketones (excluding diaryl/α,β-unsaturated/α-hetero) is 1. The van der Waals surface area contributed by atoms with Crippen molar-refractivity contribution in [2.45, 2.75) is 19.9 Å². The smallest absolute Gasteiger partial charge is 0.260 e. The Bertz CT molecular complexity index is 944. The molecule has 1 saturated heterocycles. The molecule has 2 aromatic rings. The molecule has 0 aliphatic carbocycles. The number of carbonyl (C=O) groups is 2. The number of nitrogens with one attached hydrogen (secondary N) is 1. The molecular formula is C20H23N5O4. The Hall–Kier alpha value is -3.20. The molecule has 1 amide bonds.